The van der Waals surface area contributed by atoms with E-state index in [4.69, 9.17) is 4.74 Å². The molecule has 6 nitrogen and oxygen atoms in total. The van der Waals surface area contributed by atoms with Gasteiger partial charge in [-0.05, 0) is 25.0 Å². The molecule has 3 aromatic rings. The maximum absolute atomic E-state index is 13.1. The van der Waals surface area contributed by atoms with Crippen molar-refractivity contribution < 1.29 is 9.53 Å². The van der Waals surface area contributed by atoms with E-state index in [1.165, 1.54) is 17.3 Å². The van der Waals surface area contributed by atoms with Gasteiger partial charge in [0.1, 0.15) is 11.6 Å². The molecule has 2 aromatic carbocycles. The van der Waals surface area contributed by atoms with E-state index in [-0.39, 0.29) is 17.9 Å². The van der Waals surface area contributed by atoms with Crippen molar-refractivity contribution in [1.29, 1.82) is 0 Å². The van der Waals surface area contributed by atoms with Crippen molar-refractivity contribution in [3.05, 3.63) is 81.1 Å². The first kappa shape index (κ1) is 22.1. The van der Waals surface area contributed by atoms with Crippen LogP contribution in [0.1, 0.15) is 54.4 Å². The van der Waals surface area contributed by atoms with Crippen LogP contribution in [0.5, 0.6) is 5.75 Å². The number of aromatic amines is 1. The maximum atomic E-state index is 13.1. The molecule has 0 fully saturated rings. The van der Waals surface area contributed by atoms with Gasteiger partial charge in [-0.2, -0.15) is 0 Å². The second kappa shape index (κ2) is 10.0. The maximum Gasteiger partial charge on any atom is 0.257 e. The number of rotatable bonds is 8. The van der Waals surface area contributed by atoms with Crippen LogP contribution in [0.3, 0.4) is 0 Å². The van der Waals surface area contributed by atoms with Crippen molar-refractivity contribution in [2.24, 2.45) is 0 Å². The average Bonchev–Trinajstić information content (AvgIpc) is 2.77. The number of carbonyl (C=O) groups is 1. The number of hydrogen-bond acceptors (Lipinski definition) is 5. The molecule has 1 aliphatic rings. The minimum atomic E-state index is -0.399. The Hall–Kier alpha value is -3.06. The number of benzene rings is 2. The van der Waals surface area contributed by atoms with Crippen molar-refractivity contribution in [1.82, 2.24) is 9.97 Å². The molecular formula is C25H27N3O3S. The molecule has 0 aliphatic carbocycles. The fourth-order valence-corrected chi connectivity index (χ4v) is 4.67. The van der Waals surface area contributed by atoms with Gasteiger partial charge in [0.15, 0.2) is 5.16 Å². The zero-order chi connectivity index (χ0) is 22.5. The van der Waals surface area contributed by atoms with Gasteiger partial charge in [0.25, 0.3) is 5.56 Å². The van der Waals surface area contributed by atoms with Crippen LogP contribution in [0.4, 0.5) is 5.82 Å². The summed E-state index contributed by atoms with van der Waals surface area (Å²) in [4.78, 5) is 33.1. The largest absolute Gasteiger partial charge is 0.493 e. The third-order valence-electron chi connectivity index (χ3n) is 5.44. The minimum absolute atomic E-state index is 0.154. The number of fused-ring (bicyclic) bond motifs is 1. The molecule has 0 spiro atoms. The highest BCUT2D eigenvalue weighted by Crippen LogP contribution is 2.38. The minimum Gasteiger partial charge on any atom is -0.493 e. The third-order valence-corrected chi connectivity index (χ3v) is 6.38. The smallest absolute Gasteiger partial charge is 0.257 e. The van der Waals surface area contributed by atoms with Gasteiger partial charge in [0.2, 0.25) is 5.91 Å². The number of unbranched alkanes of at least 4 members (excludes halogenated alkanes) is 1. The van der Waals surface area contributed by atoms with Crippen LogP contribution >= 0.6 is 11.8 Å². The number of H-pyrrole nitrogens is 1. The molecule has 0 radical (unpaired) electrons. The lowest BCUT2D eigenvalue weighted by molar-refractivity contribution is -0.116. The van der Waals surface area contributed by atoms with Gasteiger partial charge in [0.05, 0.1) is 12.2 Å². The summed E-state index contributed by atoms with van der Waals surface area (Å²) in [6.45, 7) is 4.76. The Kier molecular flexibility index (Phi) is 6.95. The molecule has 166 valence electrons. The quantitative estimate of drug-likeness (QED) is 0.286. The van der Waals surface area contributed by atoms with E-state index in [0.717, 1.165) is 24.0 Å². The third kappa shape index (κ3) is 5.05. The summed E-state index contributed by atoms with van der Waals surface area (Å²) in [7, 11) is 0. The van der Waals surface area contributed by atoms with Gasteiger partial charge in [-0.15, -0.1) is 0 Å². The summed E-state index contributed by atoms with van der Waals surface area (Å²) < 4.78 is 5.97. The van der Waals surface area contributed by atoms with Crippen molar-refractivity contribution in [2.75, 3.05) is 11.9 Å². The highest BCUT2D eigenvalue weighted by Gasteiger charge is 2.32. The molecule has 1 aliphatic heterocycles. The van der Waals surface area contributed by atoms with Crippen molar-refractivity contribution in [3.63, 3.8) is 0 Å². The number of amides is 1. The van der Waals surface area contributed by atoms with Crippen LogP contribution in [0.2, 0.25) is 0 Å². The Morgan fingerprint density at radius 2 is 2.00 bits per heavy atom. The lowest BCUT2D eigenvalue weighted by Crippen LogP contribution is -2.31. The molecule has 2 heterocycles. The molecule has 0 bridgehead atoms. The molecular weight excluding hydrogens is 422 g/mol. The van der Waals surface area contributed by atoms with Crippen molar-refractivity contribution in [2.45, 2.75) is 49.9 Å². The Labute approximate surface area is 191 Å². The summed E-state index contributed by atoms with van der Waals surface area (Å²) >= 11 is 1.44. The van der Waals surface area contributed by atoms with Crippen LogP contribution in [-0.2, 0) is 10.5 Å². The van der Waals surface area contributed by atoms with E-state index in [1.54, 1.807) is 0 Å². The van der Waals surface area contributed by atoms with E-state index in [9.17, 15) is 9.59 Å². The number of thioether (sulfide) groups is 1. The van der Waals surface area contributed by atoms with Gasteiger partial charge in [-0.3, -0.25) is 9.59 Å². The molecule has 1 amide bonds. The number of nitrogens with zero attached hydrogens (tertiary/aromatic N) is 1. The van der Waals surface area contributed by atoms with E-state index in [2.05, 4.69) is 28.3 Å². The summed E-state index contributed by atoms with van der Waals surface area (Å²) in [5.74, 6) is 1.17. The molecule has 0 saturated heterocycles. The number of aromatic nitrogens is 2. The van der Waals surface area contributed by atoms with E-state index in [0.29, 0.717) is 34.6 Å². The number of para-hydroxylation sites is 1. The number of anilines is 1. The molecule has 7 heteroatoms. The van der Waals surface area contributed by atoms with Crippen LogP contribution in [-0.4, -0.2) is 22.5 Å². The Bertz CT molecular complexity index is 1180. The van der Waals surface area contributed by atoms with E-state index < -0.39 is 5.92 Å². The Morgan fingerprint density at radius 3 is 2.81 bits per heavy atom. The lowest BCUT2D eigenvalue weighted by Gasteiger charge is -2.26. The molecule has 32 heavy (non-hydrogen) atoms. The fraction of sp³-hybridized carbons (Fsp3) is 0.320. The second-order valence-electron chi connectivity index (χ2n) is 7.96. The molecule has 1 atom stereocenters. The molecule has 0 saturated carbocycles. The highest BCUT2D eigenvalue weighted by molar-refractivity contribution is 7.98. The summed E-state index contributed by atoms with van der Waals surface area (Å²) in [6.07, 6.45) is 2.16. The standard InChI is InChI=1S/C25H27N3O3S/c1-3-4-12-31-20-11-6-5-10-18(20)19-14-21(29)26-23-22(19)24(30)28-25(27-23)32-15-17-9-7-8-16(2)13-17/h5-11,13,19H,3-4,12,14-15H2,1-2H3,(H2,26,27,28,29,30)/t19-/m0/s1. The van der Waals surface area contributed by atoms with E-state index in [1.807, 2.05) is 49.4 Å². The molecule has 4 rings (SSSR count). The Morgan fingerprint density at radius 1 is 1.16 bits per heavy atom. The van der Waals surface area contributed by atoms with Gasteiger partial charge < -0.3 is 15.0 Å². The second-order valence-corrected chi connectivity index (χ2v) is 8.92. The van der Waals surface area contributed by atoms with E-state index >= 15 is 0 Å². The summed E-state index contributed by atoms with van der Waals surface area (Å²) in [5.41, 5.74) is 3.43. The van der Waals surface area contributed by atoms with Gasteiger partial charge >= 0.3 is 0 Å². The van der Waals surface area contributed by atoms with Crippen LogP contribution in [0, 0.1) is 6.92 Å². The molecule has 1 aromatic heterocycles. The Balaban J connectivity index is 1.63. The lowest BCUT2D eigenvalue weighted by atomic mass is 9.86. The predicted molar refractivity (Wildman–Crippen MR) is 128 cm³/mol. The molecule has 2 N–H and O–H groups in total. The predicted octanol–water partition coefficient (Wildman–Crippen LogP) is 5.02. The van der Waals surface area contributed by atoms with Crippen LogP contribution in [0.25, 0.3) is 0 Å². The summed E-state index contributed by atoms with van der Waals surface area (Å²) in [6, 6.07) is 15.8. The molecule has 0 unspecified atom stereocenters. The first-order valence-electron chi connectivity index (χ1n) is 10.9. The van der Waals surface area contributed by atoms with Crippen LogP contribution in [0.15, 0.2) is 58.5 Å². The normalized spacial score (nSPS) is 15.2. The monoisotopic (exact) mass is 449 g/mol. The first-order valence-corrected chi connectivity index (χ1v) is 11.9. The van der Waals surface area contributed by atoms with Crippen LogP contribution < -0.4 is 15.6 Å². The van der Waals surface area contributed by atoms with Gasteiger partial charge in [-0.25, -0.2) is 4.98 Å². The van der Waals surface area contributed by atoms with Gasteiger partial charge in [0, 0.05) is 23.7 Å². The number of nitrogens with one attached hydrogen (secondary N) is 2. The number of hydrogen-bond donors (Lipinski definition) is 2. The number of aryl methyl sites for hydroxylation is 1. The topological polar surface area (TPSA) is 84.1 Å². The van der Waals surface area contributed by atoms with Crippen molar-refractivity contribution >= 4 is 23.5 Å². The average molecular weight is 450 g/mol. The first-order chi connectivity index (χ1) is 15.5. The van der Waals surface area contributed by atoms with Gasteiger partial charge in [-0.1, -0.05) is 73.1 Å². The summed E-state index contributed by atoms with van der Waals surface area (Å²) in [5, 5.41) is 3.29. The number of ether oxygens (including phenoxy) is 1. The SMILES string of the molecule is CCCCOc1ccccc1[C@@H]1CC(=O)Nc2nc(SCc3cccc(C)c3)[nH]c(=O)c21. The number of carbonyl (C=O) groups excluding carboxylic acids is 1. The zero-order valence-corrected chi connectivity index (χ0v) is 19.1. The fourth-order valence-electron chi connectivity index (χ4n) is 3.86. The zero-order valence-electron chi connectivity index (χ0n) is 18.3. The highest BCUT2D eigenvalue weighted by atomic mass is 32.2. The van der Waals surface area contributed by atoms with Crippen molar-refractivity contribution in [3.8, 4) is 5.75 Å².